The predicted octanol–water partition coefficient (Wildman–Crippen LogP) is 3.58. The topological polar surface area (TPSA) is 35.2 Å². The average molecular weight is 256 g/mol. The van der Waals surface area contributed by atoms with Gasteiger partial charge in [-0.2, -0.15) is 0 Å². The highest BCUT2D eigenvalue weighted by Crippen LogP contribution is 2.31. The molecule has 1 atom stereocenters. The van der Waals surface area contributed by atoms with Gasteiger partial charge in [-0.25, -0.2) is 0 Å². The van der Waals surface area contributed by atoms with E-state index in [1.807, 2.05) is 19.9 Å². The van der Waals surface area contributed by atoms with Gasteiger partial charge in [-0.05, 0) is 43.9 Å². The Kier molecular flexibility index (Phi) is 5.79. The largest absolute Gasteiger partial charge is 0.492 e. The van der Waals surface area contributed by atoms with Gasteiger partial charge in [-0.1, -0.05) is 31.0 Å². The zero-order chi connectivity index (χ0) is 12.8. The molecule has 0 spiro atoms. The van der Waals surface area contributed by atoms with Crippen LogP contribution in [0.1, 0.15) is 38.3 Å². The molecular formula is C14H22ClNO. The molecule has 0 fully saturated rings. The van der Waals surface area contributed by atoms with Gasteiger partial charge in [0.1, 0.15) is 5.75 Å². The van der Waals surface area contributed by atoms with Gasteiger partial charge in [-0.3, -0.25) is 0 Å². The molecular weight excluding hydrogens is 234 g/mol. The van der Waals surface area contributed by atoms with Gasteiger partial charge in [0.25, 0.3) is 0 Å². The van der Waals surface area contributed by atoms with Crippen LogP contribution < -0.4 is 10.5 Å². The lowest BCUT2D eigenvalue weighted by Gasteiger charge is -2.14. The molecule has 0 amide bonds. The first-order chi connectivity index (χ1) is 8.08. The Morgan fingerprint density at radius 1 is 1.35 bits per heavy atom. The highest BCUT2D eigenvalue weighted by Gasteiger charge is 2.11. The van der Waals surface area contributed by atoms with Crippen molar-refractivity contribution >= 4 is 11.6 Å². The second-order valence-corrected chi connectivity index (χ2v) is 4.84. The number of ether oxygens (including phenoxy) is 1. The minimum absolute atomic E-state index is 0.151. The molecule has 1 aromatic rings. The second-order valence-electron chi connectivity index (χ2n) is 4.43. The zero-order valence-corrected chi connectivity index (χ0v) is 11.7. The fourth-order valence-electron chi connectivity index (χ4n) is 1.96. The van der Waals surface area contributed by atoms with Crippen LogP contribution in [0.15, 0.2) is 12.1 Å². The van der Waals surface area contributed by atoms with E-state index in [0.29, 0.717) is 11.6 Å². The van der Waals surface area contributed by atoms with Gasteiger partial charge in [0.05, 0.1) is 11.6 Å². The lowest BCUT2D eigenvalue weighted by Crippen LogP contribution is -2.18. The van der Waals surface area contributed by atoms with Gasteiger partial charge >= 0.3 is 0 Å². The van der Waals surface area contributed by atoms with E-state index >= 15 is 0 Å². The lowest BCUT2D eigenvalue weighted by atomic mass is 10.0. The summed E-state index contributed by atoms with van der Waals surface area (Å²) in [6.45, 7) is 6.77. The Balaban J connectivity index is 3.06. The number of nitrogens with two attached hydrogens (primary N) is 1. The molecule has 0 aliphatic heterocycles. The molecule has 96 valence electrons. The normalized spacial score (nSPS) is 12.5. The van der Waals surface area contributed by atoms with Crippen molar-refractivity contribution in [2.24, 2.45) is 5.73 Å². The predicted molar refractivity (Wildman–Crippen MR) is 74.0 cm³/mol. The lowest BCUT2D eigenvalue weighted by molar-refractivity contribution is 0.336. The van der Waals surface area contributed by atoms with E-state index in [1.54, 1.807) is 0 Å². The Labute approximate surface area is 109 Å². The quantitative estimate of drug-likeness (QED) is 0.843. The van der Waals surface area contributed by atoms with Crippen LogP contribution >= 0.6 is 11.6 Å². The third kappa shape index (κ3) is 4.21. The molecule has 0 aliphatic carbocycles. The van der Waals surface area contributed by atoms with Gasteiger partial charge in [0, 0.05) is 6.04 Å². The molecule has 0 heterocycles. The Hall–Kier alpha value is -0.730. The first kappa shape index (κ1) is 14.3. The van der Waals surface area contributed by atoms with Crippen LogP contribution in [0, 0.1) is 0 Å². The number of aryl methyl sites for hydroxylation is 1. The standard InChI is InChI=1S/C14H22ClNO/c1-4-6-12-8-11(7-10(3)16)9-13(15)14(12)17-5-2/h8-10H,4-7,16H2,1-3H3. The molecule has 0 radical (unpaired) electrons. The van der Waals surface area contributed by atoms with Crippen molar-refractivity contribution in [2.75, 3.05) is 6.61 Å². The van der Waals surface area contributed by atoms with Crippen molar-refractivity contribution in [3.8, 4) is 5.75 Å². The van der Waals surface area contributed by atoms with Crippen LogP contribution in [0.4, 0.5) is 0 Å². The molecule has 2 nitrogen and oxygen atoms in total. The molecule has 0 saturated heterocycles. The molecule has 1 aromatic carbocycles. The Morgan fingerprint density at radius 2 is 2.06 bits per heavy atom. The zero-order valence-electron chi connectivity index (χ0n) is 10.9. The molecule has 0 aromatic heterocycles. The van der Waals surface area contributed by atoms with Crippen molar-refractivity contribution in [3.05, 3.63) is 28.3 Å². The number of rotatable bonds is 6. The van der Waals surface area contributed by atoms with Crippen LogP contribution in [-0.2, 0) is 12.8 Å². The molecule has 2 N–H and O–H groups in total. The summed E-state index contributed by atoms with van der Waals surface area (Å²) in [5.74, 6) is 0.837. The monoisotopic (exact) mass is 255 g/mol. The van der Waals surface area contributed by atoms with Crippen LogP contribution in [0.25, 0.3) is 0 Å². The molecule has 0 saturated carbocycles. The van der Waals surface area contributed by atoms with Crippen molar-refractivity contribution in [2.45, 2.75) is 46.1 Å². The molecule has 0 aliphatic rings. The highest BCUT2D eigenvalue weighted by atomic mass is 35.5. The van der Waals surface area contributed by atoms with Gasteiger partial charge in [0.2, 0.25) is 0 Å². The summed E-state index contributed by atoms with van der Waals surface area (Å²) < 4.78 is 5.62. The van der Waals surface area contributed by atoms with Crippen molar-refractivity contribution in [1.29, 1.82) is 0 Å². The summed E-state index contributed by atoms with van der Waals surface area (Å²) >= 11 is 6.27. The molecule has 1 rings (SSSR count). The third-order valence-corrected chi connectivity index (χ3v) is 2.83. The first-order valence-corrected chi connectivity index (χ1v) is 6.65. The molecule has 17 heavy (non-hydrogen) atoms. The number of hydrogen-bond donors (Lipinski definition) is 1. The summed E-state index contributed by atoms with van der Waals surface area (Å²) in [5.41, 5.74) is 8.20. The van der Waals surface area contributed by atoms with E-state index in [9.17, 15) is 0 Å². The summed E-state index contributed by atoms with van der Waals surface area (Å²) in [6.07, 6.45) is 2.92. The maximum Gasteiger partial charge on any atom is 0.141 e. The number of hydrogen-bond acceptors (Lipinski definition) is 2. The number of halogens is 1. The summed E-state index contributed by atoms with van der Waals surface area (Å²) in [4.78, 5) is 0. The van der Waals surface area contributed by atoms with Crippen LogP contribution in [0.2, 0.25) is 5.02 Å². The van der Waals surface area contributed by atoms with E-state index in [1.165, 1.54) is 11.1 Å². The van der Waals surface area contributed by atoms with Crippen molar-refractivity contribution in [1.82, 2.24) is 0 Å². The highest BCUT2D eigenvalue weighted by molar-refractivity contribution is 6.32. The van der Waals surface area contributed by atoms with E-state index in [0.717, 1.165) is 25.0 Å². The SMILES string of the molecule is CCCc1cc(CC(C)N)cc(Cl)c1OCC. The summed E-state index contributed by atoms with van der Waals surface area (Å²) in [6, 6.07) is 4.29. The third-order valence-electron chi connectivity index (χ3n) is 2.55. The molecule has 1 unspecified atom stereocenters. The Bertz CT molecular complexity index is 363. The summed E-state index contributed by atoms with van der Waals surface area (Å²) in [7, 11) is 0. The number of benzene rings is 1. The molecule has 3 heteroatoms. The second kappa shape index (κ2) is 6.87. The van der Waals surface area contributed by atoms with E-state index < -0.39 is 0 Å². The fourth-order valence-corrected chi connectivity index (χ4v) is 2.28. The van der Waals surface area contributed by atoms with Crippen LogP contribution in [0.5, 0.6) is 5.75 Å². The maximum absolute atomic E-state index is 6.27. The van der Waals surface area contributed by atoms with E-state index in [2.05, 4.69) is 13.0 Å². The molecule has 0 bridgehead atoms. The van der Waals surface area contributed by atoms with E-state index in [-0.39, 0.29) is 6.04 Å². The van der Waals surface area contributed by atoms with E-state index in [4.69, 9.17) is 22.1 Å². The van der Waals surface area contributed by atoms with Crippen LogP contribution in [0.3, 0.4) is 0 Å². The van der Waals surface area contributed by atoms with Crippen molar-refractivity contribution < 1.29 is 4.74 Å². The minimum atomic E-state index is 0.151. The smallest absolute Gasteiger partial charge is 0.141 e. The fraction of sp³-hybridized carbons (Fsp3) is 0.571. The van der Waals surface area contributed by atoms with Crippen molar-refractivity contribution in [3.63, 3.8) is 0 Å². The van der Waals surface area contributed by atoms with Gasteiger partial charge in [0.15, 0.2) is 0 Å². The minimum Gasteiger partial charge on any atom is -0.492 e. The average Bonchev–Trinajstić information content (AvgIpc) is 2.22. The van der Waals surface area contributed by atoms with Gasteiger partial charge in [-0.15, -0.1) is 0 Å². The van der Waals surface area contributed by atoms with Gasteiger partial charge < -0.3 is 10.5 Å². The summed E-state index contributed by atoms with van der Waals surface area (Å²) in [5, 5.41) is 0.702. The maximum atomic E-state index is 6.27. The first-order valence-electron chi connectivity index (χ1n) is 6.28. The van der Waals surface area contributed by atoms with Crippen LogP contribution in [-0.4, -0.2) is 12.6 Å². The Morgan fingerprint density at radius 3 is 2.59 bits per heavy atom.